The van der Waals surface area contributed by atoms with E-state index in [4.69, 9.17) is 51.5 Å². The maximum Gasteiger partial charge on any atom is 0.237 e. The van der Waals surface area contributed by atoms with E-state index in [1.54, 1.807) is 0 Å². The van der Waals surface area contributed by atoms with Crippen molar-refractivity contribution < 1.29 is 9.90 Å². The molecule has 0 heterocycles. The molecule has 3 nitrogen and oxygen atoms in total. The van der Waals surface area contributed by atoms with E-state index in [1.165, 1.54) is 0 Å². The van der Waals surface area contributed by atoms with E-state index in [1.807, 2.05) is 5.32 Å². The molecule has 0 saturated heterocycles. The lowest BCUT2D eigenvalue weighted by molar-refractivity contribution is -0.121. The Morgan fingerprint density at radius 3 is 2.27 bits per heavy atom. The smallest absolute Gasteiger partial charge is 0.237 e. The van der Waals surface area contributed by atoms with Gasteiger partial charge in [0, 0.05) is 0 Å². The first-order valence-electron chi connectivity index (χ1n) is 2.48. The highest BCUT2D eigenvalue weighted by Crippen LogP contribution is 2.28. The molecular formula is C4H5Cl4NO2. The zero-order valence-corrected chi connectivity index (χ0v) is 8.18. The second-order valence-electron chi connectivity index (χ2n) is 1.65. The molecule has 0 aliphatic heterocycles. The number of carbonyl (C=O) groups excluding carboxylic acids is 1. The summed E-state index contributed by atoms with van der Waals surface area (Å²) in [6.07, 6.45) is -1.54. The van der Waals surface area contributed by atoms with Crippen molar-refractivity contribution >= 4 is 52.3 Å². The van der Waals surface area contributed by atoms with Crippen LogP contribution in [0.1, 0.15) is 0 Å². The summed E-state index contributed by atoms with van der Waals surface area (Å²) in [4.78, 5) is 10.5. The first kappa shape index (κ1) is 11.6. The number of aliphatic hydroxyl groups excluding tert-OH is 1. The molecule has 0 bridgehead atoms. The minimum absolute atomic E-state index is 0.294. The molecule has 1 amide bonds. The van der Waals surface area contributed by atoms with E-state index in [2.05, 4.69) is 0 Å². The number of aliphatic hydroxyl groups is 1. The van der Waals surface area contributed by atoms with Crippen molar-refractivity contribution in [2.24, 2.45) is 0 Å². The minimum atomic E-state index is -1.93. The van der Waals surface area contributed by atoms with Gasteiger partial charge >= 0.3 is 0 Å². The second kappa shape index (κ2) is 4.58. The summed E-state index contributed by atoms with van der Waals surface area (Å²) < 4.78 is -1.93. The van der Waals surface area contributed by atoms with Gasteiger partial charge in [0.1, 0.15) is 5.88 Å². The van der Waals surface area contributed by atoms with Crippen LogP contribution in [-0.4, -0.2) is 26.9 Å². The van der Waals surface area contributed by atoms with Gasteiger partial charge in [-0.05, 0) is 0 Å². The summed E-state index contributed by atoms with van der Waals surface area (Å²) in [6, 6.07) is 0. The zero-order chi connectivity index (χ0) is 9.07. The van der Waals surface area contributed by atoms with Gasteiger partial charge in [-0.1, -0.05) is 34.8 Å². The predicted octanol–water partition coefficient (Wildman–Crippen LogP) is 1.03. The monoisotopic (exact) mass is 239 g/mol. The van der Waals surface area contributed by atoms with Crippen molar-refractivity contribution in [3.63, 3.8) is 0 Å². The Labute approximate surface area is 83.6 Å². The number of hydrogen-bond donors (Lipinski definition) is 2. The van der Waals surface area contributed by atoms with Gasteiger partial charge in [0.15, 0.2) is 6.23 Å². The fourth-order valence-electron chi connectivity index (χ4n) is 0.273. The lowest BCUT2D eigenvalue weighted by atomic mass is 10.6. The van der Waals surface area contributed by atoms with Crippen molar-refractivity contribution in [2.45, 2.75) is 10.0 Å². The Morgan fingerprint density at radius 2 is 2.00 bits per heavy atom. The molecule has 0 aliphatic carbocycles. The number of alkyl halides is 4. The highest BCUT2D eigenvalue weighted by atomic mass is 35.6. The van der Waals surface area contributed by atoms with Crippen LogP contribution in [0, 0.1) is 0 Å². The summed E-state index contributed by atoms with van der Waals surface area (Å²) in [5.41, 5.74) is 0. The van der Waals surface area contributed by atoms with E-state index in [-0.39, 0.29) is 5.88 Å². The van der Waals surface area contributed by atoms with E-state index in [0.717, 1.165) is 0 Å². The van der Waals surface area contributed by atoms with Gasteiger partial charge in [-0.25, -0.2) is 0 Å². The topological polar surface area (TPSA) is 49.3 Å². The van der Waals surface area contributed by atoms with Crippen LogP contribution in [0.5, 0.6) is 0 Å². The van der Waals surface area contributed by atoms with E-state index < -0.39 is 15.9 Å². The fourth-order valence-corrected chi connectivity index (χ4v) is 0.514. The molecule has 11 heavy (non-hydrogen) atoms. The highest BCUT2D eigenvalue weighted by Gasteiger charge is 2.31. The normalized spacial score (nSPS) is 14.3. The molecule has 0 aromatic rings. The van der Waals surface area contributed by atoms with Crippen LogP contribution in [0.3, 0.4) is 0 Å². The number of halogens is 4. The molecule has 2 N–H and O–H groups in total. The van der Waals surface area contributed by atoms with Crippen molar-refractivity contribution in [1.82, 2.24) is 5.32 Å². The second-order valence-corrected chi connectivity index (χ2v) is 4.28. The Hall–Kier alpha value is 0.590. The van der Waals surface area contributed by atoms with Gasteiger partial charge in [0.05, 0.1) is 0 Å². The molecule has 0 aromatic carbocycles. The number of nitrogens with one attached hydrogen (secondary N) is 1. The van der Waals surface area contributed by atoms with Gasteiger partial charge in [-0.2, -0.15) is 0 Å². The molecule has 7 heteroatoms. The summed E-state index contributed by atoms with van der Waals surface area (Å²) in [7, 11) is 0. The Morgan fingerprint density at radius 1 is 1.55 bits per heavy atom. The van der Waals surface area contributed by atoms with Gasteiger partial charge in [-0.15, -0.1) is 11.6 Å². The number of carbonyl (C=O) groups is 1. The highest BCUT2D eigenvalue weighted by molar-refractivity contribution is 6.68. The Bertz CT molecular complexity index is 146. The summed E-state index contributed by atoms with van der Waals surface area (Å²) in [5, 5.41) is 10.9. The summed E-state index contributed by atoms with van der Waals surface area (Å²) in [6.45, 7) is 0. The van der Waals surface area contributed by atoms with Crippen LogP contribution in [0.25, 0.3) is 0 Å². The molecule has 0 radical (unpaired) electrons. The third-order valence-electron chi connectivity index (χ3n) is 0.729. The molecule has 0 spiro atoms. The van der Waals surface area contributed by atoms with Crippen LogP contribution in [0.15, 0.2) is 0 Å². The zero-order valence-electron chi connectivity index (χ0n) is 5.15. The minimum Gasteiger partial charge on any atom is -0.369 e. The van der Waals surface area contributed by atoms with Crippen LogP contribution in [-0.2, 0) is 4.79 Å². The van der Waals surface area contributed by atoms with Crippen molar-refractivity contribution in [1.29, 1.82) is 0 Å². The summed E-state index contributed by atoms with van der Waals surface area (Å²) >= 11 is 20.7. The van der Waals surface area contributed by atoms with E-state index >= 15 is 0 Å². The lowest BCUT2D eigenvalue weighted by Gasteiger charge is -2.19. The molecule has 0 fully saturated rings. The van der Waals surface area contributed by atoms with Gasteiger partial charge < -0.3 is 10.4 Å². The van der Waals surface area contributed by atoms with Crippen molar-refractivity contribution in [3.05, 3.63) is 0 Å². The molecular weight excluding hydrogens is 236 g/mol. The number of amides is 1. The van der Waals surface area contributed by atoms with Crippen LogP contribution >= 0.6 is 46.4 Å². The molecule has 0 unspecified atom stereocenters. The average molecular weight is 241 g/mol. The number of rotatable bonds is 2. The Balaban J connectivity index is 3.87. The van der Waals surface area contributed by atoms with Gasteiger partial charge in [0.25, 0.3) is 0 Å². The van der Waals surface area contributed by atoms with E-state index in [9.17, 15) is 4.79 Å². The van der Waals surface area contributed by atoms with Gasteiger partial charge in [-0.3, -0.25) is 4.79 Å². The van der Waals surface area contributed by atoms with E-state index in [0.29, 0.717) is 0 Å². The number of hydrogen-bond acceptors (Lipinski definition) is 2. The largest absolute Gasteiger partial charge is 0.369 e. The maximum absolute atomic E-state index is 10.5. The third-order valence-corrected chi connectivity index (χ3v) is 1.59. The molecule has 0 aliphatic rings. The van der Waals surface area contributed by atoms with Gasteiger partial charge in [0.2, 0.25) is 9.70 Å². The first-order chi connectivity index (χ1) is 4.88. The SMILES string of the molecule is O=C(CCl)N[C@@H](O)C(Cl)(Cl)Cl. The lowest BCUT2D eigenvalue weighted by Crippen LogP contribution is -2.44. The van der Waals surface area contributed by atoms with Crippen LogP contribution in [0.2, 0.25) is 0 Å². The molecule has 0 saturated carbocycles. The van der Waals surface area contributed by atoms with Crippen molar-refractivity contribution in [2.75, 3.05) is 5.88 Å². The van der Waals surface area contributed by atoms with Crippen LogP contribution in [0.4, 0.5) is 0 Å². The standard InChI is InChI=1S/C4H5Cl4NO2/c5-1-2(10)9-3(11)4(6,7)8/h3,11H,1H2,(H,9,10)/t3-/m0/s1. The first-order valence-corrected chi connectivity index (χ1v) is 4.15. The molecule has 0 rings (SSSR count). The Kier molecular flexibility index (Phi) is 4.82. The summed E-state index contributed by atoms with van der Waals surface area (Å²) in [5.74, 6) is -0.900. The van der Waals surface area contributed by atoms with Crippen LogP contribution < -0.4 is 5.32 Å². The molecule has 66 valence electrons. The quantitative estimate of drug-likeness (QED) is 0.560. The molecule has 1 atom stereocenters. The molecule has 0 aromatic heterocycles. The third kappa shape index (κ3) is 4.93. The maximum atomic E-state index is 10.5. The van der Waals surface area contributed by atoms with Crippen molar-refractivity contribution in [3.8, 4) is 0 Å². The predicted molar refractivity (Wildman–Crippen MR) is 45.2 cm³/mol. The fraction of sp³-hybridized carbons (Fsp3) is 0.750. The average Bonchev–Trinajstić information content (AvgIpc) is 1.85.